The third-order valence-electron chi connectivity index (χ3n) is 4.29. The summed E-state index contributed by atoms with van der Waals surface area (Å²) < 4.78 is 13.1. The molecule has 0 aromatic heterocycles. The number of anilines is 1. The summed E-state index contributed by atoms with van der Waals surface area (Å²) in [5.74, 6) is -0.746. The molecular weight excluding hydrogens is 413 g/mol. The van der Waals surface area contributed by atoms with Crippen LogP contribution in [0.4, 0.5) is 15.8 Å². The summed E-state index contributed by atoms with van der Waals surface area (Å²) in [6.45, 7) is 2.58. The number of aliphatic imine (C=N–C) groups is 1. The van der Waals surface area contributed by atoms with Crippen molar-refractivity contribution in [3.05, 3.63) is 59.4 Å². The second-order valence-corrected chi connectivity index (χ2v) is 8.19. The lowest BCUT2D eigenvalue weighted by atomic mass is 10.2. The predicted molar refractivity (Wildman–Crippen MR) is 116 cm³/mol. The molecule has 0 spiro atoms. The number of nitrogens with zero attached hydrogens (tertiary/aromatic N) is 2. The van der Waals surface area contributed by atoms with E-state index in [1.165, 1.54) is 23.9 Å². The summed E-state index contributed by atoms with van der Waals surface area (Å²) in [5.41, 5.74) is 1.15. The van der Waals surface area contributed by atoms with E-state index in [2.05, 4.69) is 10.3 Å². The van der Waals surface area contributed by atoms with E-state index in [9.17, 15) is 14.0 Å². The van der Waals surface area contributed by atoms with Gasteiger partial charge in [0, 0.05) is 23.7 Å². The topological polar surface area (TPSA) is 61.8 Å². The van der Waals surface area contributed by atoms with Gasteiger partial charge in [0.05, 0.1) is 5.69 Å². The normalized spacial score (nSPS) is 17.8. The molecule has 1 saturated heterocycles. The molecule has 1 aliphatic rings. The summed E-state index contributed by atoms with van der Waals surface area (Å²) in [4.78, 5) is 31.4. The highest BCUT2D eigenvalue weighted by molar-refractivity contribution is 8.15. The van der Waals surface area contributed by atoms with Gasteiger partial charge in [0.25, 0.3) is 0 Å². The Bertz CT molecular complexity index is 920. The molecular formula is C21H21ClFN3O2S. The maximum absolute atomic E-state index is 13.1. The van der Waals surface area contributed by atoms with Crippen LogP contribution < -0.4 is 5.32 Å². The van der Waals surface area contributed by atoms with Crippen LogP contribution in [0.5, 0.6) is 0 Å². The smallest absolute Gasteiger partial charge is 0.242 e. The molecule has 2 aromatic rings. The van der Waals surface area contributed by atoms with Crippen LogP contribution in [0.25, 0.3) is 0 Å². The highest BCUT2D eigenvalue weighted by atomic mass is 35.5. The van der Waals surface area contributed by atoms with Gasteiger partial charge in [0.2, 0.25) is 11.8 Å². The van der Waals surface area contributed by atoms with E-state index >= 15 is 0 Å². The van der Waals surface area contributed by atoms with E-state index in [4.69, 9.17) is 11.6 Å². The zero-order chi connectivity index (χ0) is 20.8. The second kappa shape index (κ2) is 9.89. The van der Waals surface area contributed by atoms with Crippen LogP contribution in [0.3, 0.4) is 0 Å². The Hall–Kier alpha value is -2.38. The van der Waals surface area contributed by atoms with Gasteiger partial charge in [0.15, 0.2) is 5.17 Å². The van der Waals surface area contributed by atoms with E-state index in [1.807, 2.05) is 6.92 Å². The minimum absolute atomic E-state index is 0.0288. The molecule has 152 valence electrons. The Morgan fingerprint density at radius 1 is 1.28 bits per heavy atom. The number of halogens is 2. The minimum atomic E-state index is -0.551. The molecule has 1 aliphatic heterocycles. The molecule has 5 nitrogen and oxygen atoms in total. The SMILES string of the molecule is CCCCN1C(=O)C(CC(=O)Nc2cccc(Cl)c2)SC1=Nc1ccc(F)cc1. The molecule has 2 amide bonds. The number of benzene rings is 2. The second-order valence-electron chi connectivity index (χ2n) is 6.58. The van der Waals surface area contributed by atoms with Crippen molar-refractivity contribution in [1.82, 2.24) is 4.90 Å². The molecule has 0 saturated carbocycles. The first-order chi connectivity index (χ1) is 14.0. The third kappa shape index (κ3) is 5.81. The van der Waals surface area contributed by atoms with Gasteiger partial charge in [-0.15, -0.1) is 0 Å². The van der Waals surface area contributed by atoms with Crippen LogP contribution in [-0.4, -0.2) is 33.7 Å². The lowest BCUT2D eigenvalue weighted by molar-refractivity contribution is -0.128. The quantitative estimate of drug-likeness (QED) is 0.649. The fourth-order valence-electron chi connectivity index (χ4n) is 2.82. The number of nitrogens with one attached hydrogen (secondary N) is 1. The van der Waals surface area contributed by atoms with Crippen LogP contribution in [0, 0.1) is 5.82 Å². The van der Waals surface area contributed by atoms with Crippen LogP contribution in [0.1, 0.15) is 26.2 Å². The van der Waals surface area contributed by atoms with E-state index in [-0.39, 0.29) is 24.1 Å². The monoisotopic (exact) mass is 433 g/mol. The molecule has 1 unspecified atom stereocenters. The van der Waals surface area contributed by atoms with Crippen LogP contribution in [0.15, 0.2) is 53.5 Å². The number of rotatable bonds is 7. The van der Waals surface area contributed by atoms with Crippen LogP contribution in [0.2, 0.25) is 5.02 Å². The average Bonchev–Trinajstić information content (AvgIpc) is 2.96. The van der Waals surface area contributed by atoms with Crippen molar-refractivity contribution in [3.8, 4) is 0 Å². The van der Waals surface area contributed by atoms with E-state index in [1.54, 1.807) is 41.3 Å². The van der Waals surface area contributed by atoms with Gasteiger partial charge < -0.3 is 5.32 Å². The van der Waals surface area contributed by atoms with Gasteiger partial charge in [-0.1, -0.05) is 42.8 Å². The molecule has 1 N–H and O–H groups in total. The summed E-state index contributed by atoms with van der Waals surface area (Å²) in [7, 11) is 0. The van der Waals surface area contributed by atoms with E-state index < -0.39 is 5.25 Å². The maximum Gasteiger partial charge on any atom is 0.242 e. The molecule has 0 aliphatic carbocycles. The fourth-order valence-corrected chi connectivity index (χ4v) is 4.19. The number of unbranched alkanes of at least 4 members (excludes halogenated alkanes) is 1. The Labute approximate surface area is 178 Å². The van der Waals surface area contributed by atoms with Gasteiger partial charge in [-0.2, -0.15) is 0 Å². The maximum atomic E-state index is 13.1. The van der Waals surface area contributed by atoms with Gasteiger partial charge in [-0.3, -0.25) is 14.5 Å². The number of amidine groups is 1. The Kier molecular flexibility index (Phi) is 7.28. The molecule has 1 heterocycles. The molecule has 1 fully saturated rings. The fraction of sp³-hybridized carbons (Fsp3) is 0.286. The number of hydrogen-bond donors (Lipinski definition) is 1. The molecule has 1 atom stereocenters. The minimum Gasteiger partial charge on any atom is -0.326 e. The predicted octanol–water partition coefficient (Wildman–Crippen LogP) is 5.24. The first-order valence-corrected chi connectivity index (χ1v) is 10.6. The highest BCUT2D eigenvalue weighted by Gasteiger charge is 2.38. The molecule has 8 heteroatoms. The van der Waals surface area contributed by atoms with Crippen molar-refractivity contribution < 1.29 is 14.0 Å². The van der Waals surface area contributed by atoms with Crippen molar-refractivity contribution in [2.45, 2.75) is 31.4 Å². The Morgan fingerprint density at radius 2 is 2.03 bits per heavy atom. The largest absolute Gasteiger partial charge is 0.326 e. The molecule has 29 heavy (non-hydrogen) atoms. The standard InChI is InChI=1S/C21H21ClFN3O2S/c1-2-3-11-26-20(28)18(13-19(27)24-17-6-4-5-14(22)12-17)29-21(26)25-16-9-7-15(23)8-10-16/h4-10,12,18H,2-3,11,13H2,1H3,(H,24,27). The van der Waals surface area contributed by atoms with Crippen molar-refractivity contribution >= 4 is 51.7 Å². The lowest BCUT2D eigenvalue weighted by Crippen LogP contribution is -2.34. The van der Waals surface area contributed by atoms with Crippen LogP contribution >= 0.6 is 23.4 Å². The van der Waals surface area contributed by atoms with Gasteiger partial charge >= 0.3 is 0 Å². The summed E-state index contributed by atoms with van der Waals surface area (Å²) in [5, 5.41) is 3.28. The summed E-state index contributed by atoms with van der Waals surface area (Å²) >= 11 is 7.20. The van der Waals surface area contributed by atoms with E-state index in [0.29, 0.717) is 28.1 Å². The van der Waals surface area contributed by atoms with E-state index in [0.717, 1.165) is 12.8 Å². The molecule has 2 aromatic carbocycles. The number of amides is 2. The zero-order valence-electron chi connectivity index (χ0n) is 15.9. The lowest BCUT2D eigenvalue weighted by Gasteiger charge is -2.15. The summed E-state index contributed by atoms with van der Waals surface area (Å²) in [6.07, 6.45) is 1.79. The summed E-state index contributed by atoms with van der Waals surface area (Å²) in [6, 6.07) is 12.6. The number of carbonyl (C=O) groups excluding carboxylic acids is 2. The van der Waals surface area contributed by atoms with Crippen molar-refractivity contribution in [2.75, 3.05) is 11.9 Å². The van der Waals surface area contributed by atoms with Gasteiger partial charge in [-0.05, 0) is 48.9 Å². The zero-order valence-corrected chi connectivity index (χ0v) is 17.5. The van der Waals surface area contributed by atoms with Crippen molar-refractivity contribution in [3.63, 3.8) is 0 Å². The van der Waals surface area contributed by atoms with Gasteiger partial charge in [-0.25, -0.2) is 9.38 Å². The highest BCUT2D eigenvalue weighted by Crippen LogP contribution is 2.32. The Morgan fingerprint density at radius 3 is 2.72 bits per heavy atom. The molecule has 0 radical (unpaired) electrons. The van der Waals surface area contributed by atoms with Crippen molar-refractivity contribution in [1.29, 1.82) is 0 Å². The van der Waals surface area contributed by atoms with Crippen LogP contribution in [-0.2, 0) is 9.59 Å². The molecule has 0 bridgehead atoms. The first-order valence-electron chi connectivity index (χ1n) is 9.34. The number of carbonyl (C=O) groups is 2. The average molecular weight is 434 g/mol. The molecule has 3 rings (SSSR count). The first kappa shape index (κ1) is 21.3. The number of thioether (sulfide) groups is 1. The Balaban J connectivity index is 1.73. The van der Waals surface area contributed by atoms with Crippen molar-refractivity contribution in [2.24, 2.45) is 4.99 Å². The van der Waals surface area contributed by atoms with Gasteiger partial charge in [0.1, 0.15) is 11.1 Å². The third-order valence-corrected chi connectivity index (χ3v) is 5.70. The number of hydrogen-bond acceptors (Lipinski definition) is 4.